The number of rotatable bonds is 1. The van der Waals surface area contributed by atoms with Crippen molar-refractivity contribution in [1.82, 2.24) is 14.5 Å². The lowest BCUT2D eigenvalue weighted by atomic mass is 9.69. The molecule has 24 heavy (non-hydrogen) atoms. The molecule has 0 aromatic carbocycles. The number of ketones is 1. The first-order valence-corrected chi connectivity index (χ1v) is 7.85. The van der Waals surface area contributed by atoms with Gasteiger partial charge in [0.05, 0.1) is 31.2 Å². The van der Waals surface area contributed by atoms with Gasteiger partial charge in [-0.1, -0.05) is 13.8 Å². The molecule has 1 fully saturated rings. The Morgan fingerprint density at radius 1 is 1.46 bits per heavy atom. The van der Waals surface area contributed by atoms with Gasteiger partial charge in [0.15, 0.2) is 5.78 Å². The van der Waals surface area contributed by atoms with Crippen LogP contribution in [0.2, 0.25) is 0 Å². The lowest BCUT2D eigenvalue weighted by molar-refractivity contribution is -0.134. The molecule has 1 aromatic rings. The first kappa shape index (κ1) is 16.4. The Hall–Kier alpha value is -2.46. The van der Waals surface area contributed by atoms with Gasteiger partial charge in [-0.3, -0.25) is 9.59 Å². The van der Waals surface area contributed by atoms with Crippen LogP contribution < -0.4 is 0 Å². The third-order valence-corrected chi connectivity index (χ3v) is 4.66. The van der Waals surface area contributed by atoms with Crippen LogP contribution in [0.3, 0.4) is 0 Å². The molecule has 1 aliphatic heterocycles. The molecule has 0 bridgehead atoms. The average molecular weight is 328 g/mol. The second-order valence-electron chi connectivity index (χ2n) is 7.09. The fourth-order valence-corrected chi connectivity index (χ4v) is 3.56. The number of ether oxygens (including phenoxy) is 1. The predicted molar refractivity (Wildman–Crippen MR) is 84.9 cm³/mol. The second kappa shape index (κ2) is 5.56. The molecule has 7 nitrogen and oxygen atoms in total. The van der Waals surface area contributed by atoms with E-state index in [4.69, 9.17) is 4.74 Å². The number of morpholine rings is 1. The van der Waals surface area contributed by atoms with E-state index < -0.39 is 11.0 Å². The highest BCUT2D eigenvalue weighted by Crippen LogP contribution is 2.41. The Morgan fingerprint density at radius 3 is 2.83 bits per heavy atom. The minimum absolute atomic E-state index is 0.112. The Labute approximate surface area is 140 Å². The Bertz CT molecular complexity index is 771. The lowest BCUT2D eigenvalue weighted by Crippen LogP contribution is -2.57. The third kappa shape index (κ3) is 2.63. The number of carbonyl (C=O) groups is 2. The summed E-state index contributed by atoms with van der Waals surface area (Å²) in [5.41, 5.74) is -0.878. The van der Waals surface area contributed by atoms with Crippen molar-refractivity contribution >= 4 is 11.7 Å². The topological polar surface area (TPSA) is 88.2 Å². The Balaban J connectivity index is 1.92. The smallest absolute Gasteiger partial charge is 0.272 e. The van der Waals surface area contributed by atoms with E-state index in [1.54, 1.807) is 28.9 Å². The standard InChI is InChI=1S/C17H20N4O3/c1-16(2)9-17(6-12(7-18)14(16)22)10-21(4-5-24-17)15(23)13-8-19-11-20(13)3/h6,8,11H,4-5,9-10H2,1-3H3. The van der Waals surface area contributed by atoms with Crippen molar-refractivity contribution in [2.75, 3.05) is 19.7 Å². The van der Waals surface area contributed by atoms with Gasteiger partial charge in [0.1, 0.15) is 17.4 Å². The highest BCUT2D eigenvalue weighted by atomic mass is 16.5. The van der Waals surface area contributed by atoms with Gasteiger partial charge in [-0.05, 0) is 12.5 Å². The van der Waals surface area contributed by atoms with E-state index in [9.17, 15) is 14.9 Å². The van der Waals surface area contributed by atoms with Crippen LogP contribution in [-0.2, 0) is 16.6 Å². The van der Waals surface area contributed by atoms with E-state index in [-0.39, 0.29) is 17.3 Å². The molecule has 1 spiro atoms. The van der Waals surface area contributed by atoms with Gasteiger partial charge in [0.2, 0.25) is 0 Å². The Morgan fingerprint density at radius 2 is 2.21 bits per heavy atom. The summed E-state index contributed by atoms with van der Waals surface area (Å²) in [6, 6.07) is 1.98. The molecule has 1 atom stereocenters. The monoisotopic (exact) mass is 328 g/mol. The maximum absolute atomic E-state index is 12.7. The highest BCUT2D eigenvalue weighted by molar-refractivity contribution is 6.04. The van der Waals surface area contributed by atoms with Crippen LogP contribution >= 0.6 is 0 Å². The average Bonchev–Trinajstić information content (AvgIpc) is 2.96. The summed E-state index contributed by atoms with van der Waals surface area (Å²) in [7, 11) is 1.77. The molecule has 3 rings (SSSR count). The van der Waals surface area contributed by atoms with Gasteiger partial charge >= 0.3 is 0 Å². The molecular formula is C17H20N4O3. The quantitative estimate of drug-likeness (QED) is 0.770. The summed E-state index contributed by atoms with van der Waals surface area (Å²) in [4.78, 5) is 30.7. The van der Waals surface area contributed by atoms with Crippen LogP contribution in [0.15, 0.2) is 24.2 Å². The van der Waals surface area contributed by atoms with Gasteiger partial charge in [0.25, 0.3) is 5.91 Å². The van der Waals surface area contributed by atoms with E-state index in [1.165, 1.54) is 6.20 Å². The van der Waals surface area contributed by atoms with E-state index >= 15 is 0 Å². The van der Waals surface area contributed by atoms with Crippen LogP contribution in [0.1, 0.15) is 30.8 Å². The van der Waals surface area contributed by atoms with Crippen molar-refractivity contribution < 1.29 is 14.3 Å². The van der Waals surface area contributed by atoms with Crippen LogP contribution in [0, 0.1) is 16.7 Å². The minimum atomic E-state index is -0.797. The normalized spacial score (nSPS) is 26.2. The summed E-state index contributed by atoms with van der Waals surface area (Å²) in [6.45, 7) is 4.77. The van der Waals surface area contributed by atoms with Crippen molar-refractivity contribution in [2.24, 2.45) is 12.5 Å². The van der Waals surface area contributed by atoms with Crippen molar-refractivity contribution in [3.8, 4) is 6.07 Å². The number of amides is 1. The van der Waals surface area contributed by atoms with Gasteiger partial charge in [-0.2, -0.15) is 5.26 Å². The Kier molecular flexibility index (Phi) is 3.80. The number of aryl methyl sites for hydroxylation is 1. The molecule has 1 aliphatic carbocycles. The summed E-state index contributed by atoms with van der Waals surface area (Å²) >= 11 is 0. The summed E-state index contributed by atoms with van der Waals surface area (Å²) in [6.07, 6.45) is 5.16. The lowest BCUT2D eigenvalue weighted by Gasteiger charge is -2.46. The molecule has 1 amide bonds. The van der Waals surface area contributed by atoms with Crippen LogP contribution in [0.5, 0.6) is 0 Å². The van der Waals surface area contributed by atoms with Crippen molar-refractivity contribution in [3.63, 3.8) is 0 Å². The van der Waals surface area contributed by atoms with E-state index in [0.717, 1.165) is 0 Å². The SMILES string of the molecule is Cn1cncc1C(=O)N1CCOC2(C=C(C#N)C(=O)C(C)(C)C2)C1. The predicted octanol–water partition coefficient (Wildman–Crippen LogP) is 1.08. The number of imidazole rings is 1. The number of nitriles is 1. The maximum atomic E-state index is 12.7. The van der Waals surface area contributed by atoms with Crippen LogP contribution in [-0.4, -0.2) is 51.4 Å². The van der Waals surface area contributed by atoms with E-state index in [1.807, 2.05) is 19.9 Å². The zero-order chi connectivity index (χ0) is 17.5. The number of allylic oxidation sites excluding steroid dienone is 1. The minimum Gasteiger partial charge on any atom is -0.367 e. The third-order valence-electron chi connectivity index (χ3n) is 4.66. The first-order valence-electron chi connectivity index (χ1n) is 7.85. The number of nitrogens with zero attached hydrogens (tertiary/aromatic N) is 4. The number of hydrogen-bond acceptors (Lipinski definition) is 5. The largest absolute Gasteiger partial charge is 0.367 e. The highest BCUT2D eigenvalue weighted by Gasteiger charge is 2.48. The van der Waals surface area contributed by atoms with Crippen molar-refractivity contribution in [3.05, 3.63) is 29.9 Å². The summed E-state index contributed by atoms with van der Waals surface area (Å²) < 4.78 is 7.63. The van der Waals surface area contributed by atoms with Crippen LogP contribution in [0.4, 0.5) is 0 Å². The molecule has 126 valence electrons. The number of hydrogen-bond donors (Lipinski definition) is 0. The van der Waals surface area contributed by atoms with Gasteiger partial charge in [-0.25, -0.2) is 4.98 Å². The molecule has 1 aromatic heterocycles. The molecule has 1 saturated heterocycles. The van der Waals surface area contributed by atoms with Crippen molar-refractivity contribution in [1.29, 1.82) is 5.26 Å². The summed E-state index contributed by atoms with van der Waals surface area (Å²) in [5, 5.41) is 9.28. The van der Waals surface area contributed by atoms with Gasteiger partial charge < -0.3 is 14.2 Å². The molecule has 0 saturated carbocycles. The number of carbonyl (C=O) groups excluding carboxylic acids is 2. The second-order valence-corrected chi connectivity index (χ2v) is 7.09. The van der Waals surface area contributed by atoms with Crippen LogP contribution in [0.25, 0.3) is 0 Å². The fourth-order valence-electron chi connectivity index (χ4n) is 3.56. The zero-order valence-electron chi connectivity index (χ0n) is 14.1. The first-order chi connectivity index (χ1) is 11.3. The molecule has 1 unspecified atom stereocenters. The summed E-state index contributed by atoms with van der Waals surface area (Å²) in [5.74, 6) is -0.298. The van der Waals surface area contributed by atoms with Gasteiger partial charge in [-0.15, -0.1) is 0 Å². The van der Waals surface area contributed by atoms with E-state index in [0.29, 0.717) is 31.8 Å². The molecule has 2 heterocycles. The zero-order valence-corrected chi connectivity index (χ0v) is 14.1. The van der Waals surface area contributed by atoms with Crippen molar-refractivity contribution in [2.45, 2.75) is 25.9 Å². The molecular weight excluding hydrogens is 308 g/mol. The number of aromatic nitrogens is 2. The molecule has 0 radical (unpaired) electrons. The molecule has 2 aliphatic rings. The fraction of sp³-hybridized carbons (Fsp3) is 0.529. The molecule has 0 N–H and O–H groups in total. The maximum Gasteiger partial charge on any atom is 0.272 e. The van der Waals surface area contributed by atoms with Gasteiger partial charge in [0, 0.05) is 19.0 Å². The number of Topliss-reactive ketones (excluding diaryl/α,β-unsaturated/α-hetero) is 1. The molecule has 7 heteroatoms. The van der Waals surface area contributed by atoms with E-state index in [2.05, 4.69) is 4.98 Å².